The summed E-state index contributed by atoms with van der Waals surface area (Å²) >= 11 is 0. The van der Waals surface area contributed by atoms with Crippen LogP contribution in [0.2, 0.25) is 0 Å². The predicted octanol–water partition coefficient (Wildman–Crippen LogP) is 1.89. The third-order valence-corrected chi connectivity index (χ3v) is 3.76. The molecule has 0 radical (unpaired) electrons. The van der Waals surface area contributed by atoms with Gasteiger partial charge in [0, 0.05) is 17.7 Å². The van der Waals surface area contributed by atoms with Gasteiger partial charge in [-0.15, -0.1) is 0 Å². The van der Waals surface area contributed by atoms with Crippen LogP contribution in [0.15, 0.2) is 18.2 Å². The summed E-state index contributed by atoms with van der Waals surface area (Å²) in [6, 6.07) is 4.46. The zero-order valence-corrected chi connectivity index (χ0v) is 13.6. The van der Waals surface area contributed by atoms with Crippen LogP contribution in [0.3, 0.4) is 0 Å². The van der Waals surface area contributed by atoms with Crippen molar-refractivity contribution in [2.75, 3.05) is 12.4 Å². The highest BCUT2D eigenvalue weighted by molar-refractivity contribution is 5.99. The standard InChI is InChI=1S/C17H22N2O4/c1-10(2)8-14(17(22)23-3)19-16(21)12-4-6-13-11(9-12)5-7-15(20)18-13/h4,6,9-10,14H,5,7-8H2,1-3H3,(H,18,20)(H,19,21). The van der Waals surface area contributed by atoms with Crippen molar-refractivity contribution in [2.45, 2.75) is 39.2 Å². The average molecular weight is 318 g/mol. The lowest BCUT2D eigenvalue weighted by Crippen LogP contribution is -2.42. The SMILES string of the molecule is COC(=O)C(CC(C)C)NC(=O)c1ccc2c(c1)CCC(=O)N2. The van der Waals surface area contributed by atoms with Crippen molar-refractivity contribution in [3.63, 3.8) is 0 Å². The molecule has 1 aliphatic rings. The highest BCUT2D eigenvalue weighted by Gasteiger charge is 2.24. The minimum Gasteiger partial charge on any atom is -0.467 e. The van der Waals surface area contributed by atoms with Crippen LogP contribution in [0, 0.1) is 5.92 Å². The van der Waals surface area contributed by atoms with Gasteiger partial charge in [0.05, 0.1) is 7.11 Å². The maximum absolute atomic E-state index is 12.4. The van der Waals surface area contributed by atoms with Crippen LogP contribution >= 0.6 is 0 Å². The number of ether oxygens (including phenoxy) is 1. The number of benzene rings is 1. The van der Waals surface area contributed by atoms with Gasteiger partial charge in [-0.2, -0.15) is 0 Å². The Labute approximate surface area is 135 Å². The Bertz CT molecular complexity index is 625. The molecule has 2 amide bonds. The minimum absolute atomic E-state index is 0.0163. The van der Waals surface area contributed by atoms with Gasteiger partial charge in [0.25, 0.3) is 5.91 Å². The van der Waals surface area contributed by atoms with Crippen molar-refractivity contribution in [3.05, 3.63) is 29.3 Å². The molecular formula is C17H22N2O4. The van der Waals surface area contributed by atoms with E-state index in [1.54, 1.807) is 18.2 Å². The number of fused-ring (bicyclic) bond motifs is 1. The molecule has 1 aromatic rings. The Morgan fingerprint density at radius 1 is 1.30 bits per heavy atom. The van der Waals surface area contributed by atoms with Crippen molar-refractivity contribution >= 4 is 23.5 Å². The van der Waals surface area contributed by atoms with E-state index in [0.29, 0.717) is 24.8 Å². The Kier molecular flexibility index (Phi) is 5.36. The molecule has 2 N–H and O–H groups in total. The molecule has 1 aliphatic heterocycles. The molecule has 0 saturated carbocycles. The van der Waals surface area contributed by atoms with Crippen LogP contribution in [0.5, 0.6) is 0 Å². The molecule has 23 heavy (non-hydrogen) atoms. The second-order valence-electron chi connectivity index (χ2n) is 6.10. The van der Waals surface area contributed by atoms with Gasteiger partial charge in [0.1, 0.15) is 6.04 Å². The fourth-order valence-corrected chi connectivity index (χ4v) is 2.59. The molecule has 1 aromatic carbocycles. The van der Waals surface area contributed by atoms with Crippen molar-refractivity contribution < 1.29 is 19.1 Å². The van der Waals surface area contributed by atoms with E-state index in [0.717, 1.165) is 11.3 Å². The van der Waals surface area contributed by atoms with Gasteiger partial charge in [-0.25, -0.2) is 4.79 Å². The summed E-state index contributed by atoms with van der Waals surface area (Å²) in [6.45, 7) is 3.95. The molecule has 0 fully saturated rings. The van der Waals surface area contributed by atoms with E-state index >= 15 is 0 Å². The zero-order chi connectivity index (χ0) is 17.0. The monoisotopic (exact) mass is 318 g/mol. The number of aryl methyl sites for hydroxylation is 1. The number of esters is 1. The minimum atomic E-state index is -0.664. The number of hydrogen-bond donors (Lipinski definition) is 2. The summed E-state index contributed by atoms with van der Waals surface area (Å²) in [7, 11) is 1.31. The van der Waals surface area contributed by atoms with Crippen LogP contribution in [0.25, 0.3) is 0 Å². The molecule has 0 saturated heterocycles. The highest BCUT2D eigenvalue weighted by Crippen LogP contribution is 2.23. The molecular weight excluding hydrogens is 296 g/mol. The smallest absolute Gasteiger partial charge is 0.328 e. The lowest BCUT2D eigenvalue weighted by molar-refractivity contribution is -0.143. The molecule has 2 rings (SSSR count). The number of anilines is 1. The van der Waals surface area contributed by atoms with Crippen LogP contribution in [-0.2, 0) is 20.7 Å². The first-order valence-corrected chi connectivity index (χ1v) is 7.72. The van der Waals surface area contributed by atoms with Crippen LogP contribution in [0.1, 0.15) is 42.6 Å². The molecule has 0 bridgehead atoms. The molecule has 1 atom stereocenters. The van der Waals surface area contributed by atoms with E-state index in [1.807, 2.05) is 13.8 Å². The van der Waals surface area contributed by atoms with Gasteiger partial charge in [-0.1, -0.05) is 13.8 Å². The molecule has 1 unspecified atom stereocenters. The number of nitrogens with one attached hydrogen (secondary N) is 2. The fourth-order valence-electron chi connectivity index (χ4n) is 2.59. The maximum Gasteiger partial charge on any atom is 0.328 e. The normalized spacial score (nSPS) is 14.7. The number of amides is 2. The summed E-state index contributed by atoms with van der Waals surface area (Å²) in [5.41, 5.74) is 2.14. The maximum atomic E-state index is 12.4. The average Bonchev–Trinajstić information content (AvgIpc) is 2.52. The lowest BCUT2D eigenvalue weighted by Gasteiger charge is -2.20. The largest absolute Gasteiger partial charge is 0.467 e. The third-order valence-electron chi connectivity index (χ3n) is 3.76. The second-order valence-corrected chi connectivity index (χ2v) is 6.10. The van der Waals surface area contributed by atoms with Gasteiger partial charge in [-0.05, 0) is 42.5 Å². The highest BCUT2D eigenvalue weighted by atomic mass is 16.5. The van der Waals surface area contributed by atoms with E-state index in [1.165, 1.54) is 7.11 Å². The van der Waals surface area contributed by atoms with Crippen molar-refractivity contribution in [3.8, 4) is 0 Å². The Hall–Kier alpha value is -2.37. The summed E-state index contributed by atoms with van der Waals surface area (Å²) in [6.07, 6.45) is 1.53. The summed E-state index contributed by atoms with van der Waals surface area (Å²) in [4.78, 5) is 35.6. The molecule has 0 aromatic heterocycles. The number of carbonyl (C=O) groups excluding carboxylic acids is 3. The lowest BCUT2D eigenvalue weighted by atomic mass is 9.99. The number of rotatable bonds is 5. The number of carbonyl (C=O) groups is 3. The molecule has 0 spiro atoms. The fraction of sp³-hybridized carbons (Fsp3) is 0.471. The summed E-state index contributed by atoms with van der Waals surface area (Å²) < 4.78 is 4.75. The van der Waals surface area contributed by atoms with E-state index in [-0.39, 0.29) is 17.7 Å². The van der Waals surface area contributed by atoms with Crippen LogP contribution in [0.4, 0.5) is 5.69 Å². The molecule has 0 aliphatic carbocycles. The summed E-state index contributed by atoms with van der Waals surface area (Å²) in [5, 5.41) is 5.51. The quantitative estimate of drug-likeness (QED) is 0.812. The van der Waals surface area contributed by atoms with Crippen LogP contribution < -0.4 is 10.6 Å². The summed E-state index contributed by atoms with van der Waals surface area (Å²) in [5.74, 6) is -0.534. The van der Waals surface area contributed by atoms with Gasteiger partial charge < -0.3 is 15.4 Å². The van der Waals surface area contributed by atoms with E-state index in [9.17, 15) is 14.4 Å². The van der Waals surface area contributed by atoms with Crippen molar-refractivity contribution in [1.29, 1.82) is 0 Å². The van der Waals surface area contributed by atoms with Gasteiger partial charge in [0.2, 0.25) is 5.91 Å². The second kappa shape index (κ2) is 7.26. The van der Waals surface area contributed by atoms with Gasteiger partial charge in [0.15, 0.2) is 0 Å². The number of hydrogen-bond acceptors (Lipinski definition) is 4. The van der Waals surface area contributed by atoms with Gasteiger partial charge in [-0.3, -0.25) is 9.59 Å². The molecule has 6 nitrogen and oxygen atoms in total. The van der Waals surface area contributed by atoms with Gasteiger partial charge >= 0.3 is 5.97 Å². The van der Waals surface area contributed by atoms with E-state index < -0.39 is 12.0 Å². The number of methoxy groups -OCH3 is 1. The van der Waals surface area contributed by atoms with Crippen molar-refractivity contribution in [2.24, 2.45) is 5.92 Å². The zero-order valence-electron chi connectivity index (χ0n) is 13.6. The molecule has 1 heterocycles. The molecule has 124 valence electrons. The first-order valence-electron chi connectivity index (χ1n) is 7.72. The predicted molar refractivity (Wildman–Crippen MR) is 86.1 cm³/mol. The third kappa shape index (κ3) is 4.31. The Balaban J connectivity index is 2.13. The van der Waals surface area contributed by atoms with Crippen LogP contribution in [-0.4, -0.2) is 30.9 Å². The van der Waals surface area contributed by atoms with E-state index in [4.69, 9.17) is 4.74 Å². The van der Waals surface area contributed by atoms with Crippen molar-refractivity contribution in [1.82, 2.24) is 5.32 Å². The first kappa shape index (κ1) is 17.0. The topological polar surface area (TPSA) is 84.5 Å². The van der Waals surface area contributed by atoms with E-state index in [2.05, 4.69) is 10.6 Å². The first-order chi connectivity index (χ1) is 10.9. The molecule has 6 heteroatoms. The Morgan fingerprint density at radius 2 is 2.04 bits per heavy atom. The Morgan fingerprint density at radius 3 is 2.70 bits per heavy atom.